The van der Waals surface area contributed by atoms with E-state index in [9.17, 15) is 17.9 Å². The van der Waals surface area contributed by atoms with Crippen LogP contribution in [0, 0.1) is 11.7 Å². The summed E-state index contributed by atoms with van der Waals surface area (Å²) in [6.45, 7) is 3.41. The molecule has 4 nitrogen and oxygen atoms in total. The lowest BCUT2D eigenvalue weighted by molar-refractivity contribution is 0.219. The summed E-state index contributed by atoms with van der Waals surface area (Å²) in [5.41, 5.74) is 0. The zero-order chi connectivity index (χ0) is 14.6. The van der Waals surface area contributed by atoms with Crippen molar-refractivity contribution in [3.8, 4) is 0 Å². The van der Waals surface area contributed by atoms with Gasteiger partial charge in [0, 0.05) is 10.9 Å². The van der Waals surface area contributed by atoms with E-state index in [-0.39, 0.29) is 22.3 Å². The van der Waals surface area contributed by atoms with E-state index in [0.29, 0.717) is 6.42 Å². The molecule has 0 radical (unpaired) electrons. The summed E-state index contributed by atoms with van der Waals surface area (Å²) >= 11 is 4.02. The second-order valence-corrected chi connectivity index (χ2v) is 6.57. The van der Waals surface area contributed by atoms with E-state index in [1.807, 2.05) is 13.8 Å². The van der Waals surface area contributed by atoms with Crippen molar-refractivity contribution in [2.24, 2.45) is 5.92 Å². The average Bonchev–Trinajstić information content (AvgIpc) is 2.37. The van der Waals surface area contributed by atoms with Gasteiger partial charge in [-0.2, -0.15) is 0 Å². The molecule has 19 heavy (non-hydrogen) atoms. The lowest BCUT2D eigenvalue weighted by Crippen LogP contribution is -2.41. The van der Waals surface area contributed by atoms with Crippen molar-refractivity contribution in [1.82, 2.24) is 4.72 Å². The van der Waals surface area contributed by atoms with Crippen molar-refractivity contribution in [1.29, 1.82) is 0 Å². The molecule has 1 aromatic rings. The molecule has 0 saturated heterocycles. The number of benzene rings is 1. The van der Waals surface area contributed by atoms with Crippen LogP contribution in [0.5, 0.6) is 0 Å². The van der Waals surface area contributed by atoms with E-state index < -0.39 is 21.9 Å². The molecule has 2 N–H and O–H groups in total. The number of sulfonamides is 1. The second kappa shape index (κ2) is 6.69. The van der Waals surface area contributed by atoms with E-state index >= 15 is 0 Å². The first kappa shape index (κ1) is 16.4. The number of nitrogens with one attached hydrogen (secondary N) is 1. The predicted octanol–water partition coefficient (Wildman–Crippen LogP) is 1.80. The molecule has 2 atom stereocenters. The van der Waals surface area contributed by atoms with Crippen molar-refractivity contribution in [2.75, 3.05) is 6.61 Å². The molecule has 1 aromatic carbocycles. The first-order chi connectivity index (χ1) is 8.81. The molecule has 0 aliphatic carbocycles. The maximum Gasteiger partial charge on any atom is 0.242 e. The Hall–Kier alpha value is -0.630. The molecule has 0 spiro atoms. The molecule has 0 heterocycles. The van der Waals surface area contributed by atoms with Crippen molar-refractivity contribution in [3.63, 3.8) is 0 Å². The Balaban J connectivity index is 3.07. The first-order valence-electron chi connectivity index (χ1n) is 5.93. The van der Waals surface area contributed by atoms with Crippen LogP contribution in [0.3, 0.4) is 0 Å². The Morgan fingerprint density at radius 1 is 1.47 bits per heavy atom. The van der Waals surface area contributed by atoms with Gasteiger partial charge in [-0.05, 0) is 24.1 Å². The molecule has 0 fully saturated rings. The van der Waals surface area contributed by atoms with Crippen molar-refractivity contribution < 1.29 is 17.9 Å². The summed E-state index contributed by atoms with van der Waals surface area (Å²) in [5.74, 6) is -0.682. The van der Waals surface area contributed by atoms with E-state index in [1.54, 1.807) is 0 Å². The van der Waals surface area contributed by atoms with Crippen LogP contribution < -0.4 is 4.72 Å². The minimum atomic E-state index is -3.91. The fourth-order valence-electron chi connectivity index (χ4n) is 1.58. The van der Waals surface area contributed by atoms with Crippen LogP contribution in [0.2, 0.25) is 0 Å². The molecular formula is C12H18FNO3S2. The minimum absolute atomic E-state index is 0.0308. The normalized spacial score (nSPS) is 15.2. The van der Waals surface area contributed by atoms with E-state index in [4.69, 9.17) is 0 Å². The highest BCUT2D eigenvalue weighted by atomic mass is 32.2. The number of aliphatic hydroxyl groups is 1. The Morgan fingerprint density at radius 2 is 2.11 bits per heavy atom. The lowest BCUT2D eigenvalue weighted by Gasteiger charge is -2.22. The third-order valence-corrected chi connectivity index (χ3v) is 5.12. The van der Waals surface area contributed by atoms with Crippen molar-refractivity contribution in [3.05, 3.63) is 24.0 Å². The number of thiol groups is 1. The number of hydrogen-bond donors (Lipinski definition) is 3. The molecule has 0 unspecified atom stereocenters. The summed E-state index contributed by atoms with van der Waals surface area (Å²) in [6.07, 6.45) is 0.713. The van der Waals surface area contributed by atoms with Crippen LogP contribution in [0.4, 0.5) is 4.39 Å². The maximum atomic E-state index is 13.1. The lowest BCUT2D eigenvalue weighted by atomic mass is 10.0. The molecule has 0 aromatic heterocycles. The summed E-state index contributed by atoms with van der Waals surface area (Å²) in [7, 11) is -3.91. The quantitative estimate of drug-likeness (QED) is 0.702. The average molecular weight is 307 g/mol. The van der Waals surface area contributed by atoms with Gasteiger partial charge in [0.25, 0.3) is 0 Å². The molecule has 7 heteroatoms. The Bertz CT molecular complexity index is 534. The third-order valence-electron chi connectivity index (χ3n) is 3.05. The molecule has 0 saturated carbocycles. The van der Waals surface area contributed by atoms with Crippen molar-refractivity contribution in [2.45, 2.75) is 36.1 Å². The predicted molar refractivity (Wildman–Crippen MR) is 74.3 cm³/mol. The smallest absolute Gasteiger partial charge is 0.242 e. The summed E-state index contributed by atoms with van der Waals surface area (Å²) in [4.78, 5) is -0.0627. The zero-order valence-electron chi connectivity index (χ0n) is 10.8. The molecule has 0 bridgehead atoms. The number of aliphatic hydroxyl groups excluding tert-OH is 1. The number of rotatable bonds is 6. The van der Waals surface area contributed by atoms with Gasteiger partial charge in [-0.3, -0.25) is 0 Å². The highest BCUT2D eigenvalue weighted by molar-refractivity contribution is 7.90. The molecule has 108 valence electrons. The molecule has 1 rings (SSSR count). The minimum Gasteiger partial charge on any atom is -0.395 e. The Kier molecular flexibility index (Phi) is 5.79. The molecule has 0 aliphatic rings. The highest BCUT2D eigenvalue weighted by Gasteiger charge is 2.25. The van der Waals surface area contributed by atoms with E-state index in [0.717, 1.165) is 12.1 Å². The van der Waals surface area contributed by atoms with E-state index in [1.165, 1.54) is 6.07 Å². The monoisotopic (exact) mass is 307 g/mol. The summed E-state index contributed by atoms with van der Waals surface area (Å²) < 4.78 is 39.8. The van der Waals surface area contributed by atoms with E-state index in [2.05, 4.69) is 17.4 Å². The topological polar surface area (TPSA) is 66.4 Å². The van der Waals surface area contributed by atoms with Gasteiger partial charge < -0.3 is 5.11 Å². The summed E-state index contributed by atoms with van der Waals surface area (Å²) in [6, 6.07) is 2.73. The van der Waals surface area contributed by atoms with Gasteiger partial charge in [0.1, 0.15) is 5.82 Å². The zero-order valence-corrected chi connectivity index (χ0v) is 12.5. The summed E-state index contributed by atoms with van der Waals surface area (Å²) in [5, 5.41) is 9.24. The highest BCUT2D eigenvalue weighted by Crippen LogP contribution is 2.21. The Labute approximate surface area is 118 Å². The van der Waals surface area contributed by atoms with Crippen LogP contribution in [-0.4, -0.2) is 26.2 Å². The third kappa shape index (κ3) is 4.17. The van der Waals surface area contributed by atoms with Gasteiger partial charge in [0.15, 0.2) is 0 Å². The van der Waals surface area contributed by atoms with Gasteiger partial charge >= 0.3 is 0 Å². The molecule has 0 aliphatic heterocycles. The Morgan fingerprint density at radius 3 is 2.63 bits per heavy atom. The van der Waals surface area contributed by atoms with Gasteiger partial charge in [0.05, 0.1) is 11.5 Å². The molecule has 0 amide bonds. The van der Waals surface area contributed by atoms with Crippen LogP contribution in [0.15, 0.2) is 28.0 Å². The van der Waals surface area contributed by atoms with Crippen LogP contribution in [0.25, 0.3) is 0 Å². The van der Waals surface area contributed by atoms with Gasteiger partial charge in [-0.25, -0.2) is 17.5 Å². The van der Waals surface area contributed by atoms with Gasteiger partial charge in [0.2, 0.25) is 10.0 Å². The number of halogens is 1. The molecular weight excluding hydrogens is 289 g/mol. The van der Waals surface area contributed by atoms with Gasteiger partial charge in [-0.1, -0.05) is 20.3 Å². The van der Waals surface area contributed by atoms with Gasteiger partial charge in [-0.15, -0.1) is 12.6 Å². The standard InChI is InChI=1S/C12H18FNO3S2/c1-3-8(2)10(7-15)14-19(16,17)12-6-9(13)4-5-11(12)18/h4-6,8,10,14-15,18H,3,7H2,1-2H3/t8-,10+/m0/s1. The fourth-order valence-corrected chi connectivity index (χ4v) is 3.53. The number of hydrogen-bond acceptors (Lipinski definition) is 4. The van der Waals surface area contributed by atoms with Crippen LogP contribution in [-0.2, 0) is 10.0 Å². The maximum absolute atomic E-state index is 13.1. The SMILES string of the molecule is CC[C@H](C)[C@@H](CO)NS(=O)(=O)c1cc(F)ccc1S. The largest absolute Gasteiger partial charge is 0.395 e. The first-order valence-corrected chi connectivity index (χ1v) is 7.86. The van der Waals surface area contributed by atoms with Crippen LogP contribution >= 0.6 is 12.6 Å². The second-order valence-electron chi connectivity index (χ2n) is 4.41. The van der Waals surface area contributed by atoms with Crippen molar-refractivity contribution >= 4 is 22.7 Å². The fraction of sp³-hybridized carbons (Fsp3) is 0.500. The van der Waals surface area contributed by atoms with Crippen LogP contribution in [0.1, 0.15) is 20.3 Å².